The van der Waals surface area contributed by atoms with Crippen molar-refractivity contribution in [1.82, 2.24) is 4.90 Å². The van der Waals surface area contributed by atoms with Crippen molar-refractivity contribution in [2.75, 3.05) is 19.7 Å². The molecule has 17 heavy (non-hydrogen) atoms. The Morgan fingerprint density at radius 2 is 1.59 bits per heavy atom. The molecule has 2 aliphatic rings. The van der Waals surface area contributed by atoms with Crippen LogP contribution in [0.15, 0.2) is 0 Å². The number of rotatable bonds is 2. The fourth-order valence-corrected chi connectivity index (χ4v) is 2.56. The van der Waals surface area contributed by atoms with E-state index in [9.17, 15) is 15.3 Å². The molecule has 0 saturated carbocycles. The standard InChI is InChI=1S/C11H21NO5/c13-6-7-8(14)9(15)10(16)11(17-7)12-4-2-1-3-5-12/h7-11,13-16H,1-6H2/t7-,8+,9+,10+,11+/m0/s1. The first-order valence-electron chi connectivity index (χ1n) is 6.19. The van der Waals surface area contributed by atoms with Crippen LogP contribution in [-0.4, -0.2) is 75.7 Å². The quantitative estimate of drug-likeness (QED) is 0.463. The molecule has 6 nitrogen and oxygen atoms in total. The Morgan fingerprint density at radius 1 is 0.941 bits per heavy atom. The number of hydrogen-bond acceptors (Lipinski definition) is 6. The van der Waals surface area contributed by atoms with Crippen molar-refractivity contribution in [3.8, 4) is 0 Å². The highest BCUT2D eigenvalue weighted by atomic mass is 16.6. The fraction of sp³-hybridized carbons (Fsp3) is 1.00. The molecule has 6 heteroatoms. The SMILES string of the molecule is OC[C@@H]1O[C@@H](N2CCCCC2)[C@H](O)[C@H](O)[C@@H]1O. The van der Waals surface area contributed by atoms with Gasteiger partial charge in [-0.1, -0.05) is 6.42 Å². The van der Waals surface area contributed by atoms with Gasteiger partial charge in [0.1, 0.15) is 30.6 Å². The molecule has 0 amide bonds. The minimum absolute atomic E-state index is 0.366. The summed E-state index contributed by atoms with van der Waals surface area (Å²) in [6.07, 6.45) is -1.88. The van der Waals surface area contributed by atoms with E-state index in [1.807, 2.05) is 4.90 Å². The van der Waals surface area contributed by atoms with Gasteiger partial charge < -0.3 is 25.2 Å². The van der Waals surface area contributed by atoms with Gasteiger partial charge in [-0.3, -0.25) is 4.90 Å². The number of ether oxygens (including phenoxy) is 1. The molecule has 0 aromatic rings. The zero-order valence-electron chi connectivity index (χ0n) is 9.77. The van der Waals surface area contributed by atoms with Crippen LogP contribution in [0, 0.1) is 0 Å². The monoisotopic (exact) mass is 247 g/mol. The maximum absolute atomic E-state index is 9.92. The number of aliphatic hydroxyl groups excluding tert-OH is 4. The number of aliphatic hydroxyl groups is 4. The van der Waals surface area contributed by atoms with E-state index in [-0.39, 0.29) is 6.61 Å². The summed E-state index contributed by atoms with van der Waals surface area (Å²) in [5.41, 5.74) is 0. The second-order valence-corrected chi connectivity index (χ2v) is 4.82. The third-order valence-corrected chi connectivity index (χ3v) is 3.62. The summed E-state index contributed by atoms with van der Waals surface area (Å²) in [5.74, 6) is 0. The Bertz CT molecular complexity index is 242. The fourth-order valence-electron chi connectivity index (χ4n) is 2.56. The van der Waals surface area contributed by atoms with Crippen molar-refractivity contribution in [1.29, 1.82) is 0 Å². The van der Waals surface area contributed by atoms with Gasteiger partial charge in [-0.25, -0.2) is 0 Å². The summed E-state index contributed by atoms with van der Waals surface area (Å²) >= 11 is 0. The van der Waals surface area contributed by atoms with Gasteiger partial charge in [0.05, 0.1) is 6.61 Å². The van der Waals surface area contributed by atoms with Crippen LogP contribution in [0.1, 0.15) is 19.3 Å². The minimum atomic E-state index is -1.27. The van der Waals surface area contributed by atoms with Crippen LogP contribution in [0.4, 0.5) is 0 Å². The third-order valence-electron chi connectivity index (χ3n) is 3.62. The molecule has 100 valence electrons. The Hall–Kier alpha value is -0.240. The highest BCUT2D eigenvalue weighted by molar-refractivity contribution is 4.92. The van der Waals surface area contributed by atoms with E-state index in [1.165, 1.54) is 0 Å². The molecule has 0 aromatic carbocycles. The number of piperidine rings is 1. The largest absolute Gasteiger partial charge is 0.394 e. The summed E-state index contributed by atoms with van der Waals surface area (Å²) in [5, 5.41) is 38.3. The molecule has 0 bridgehead atoms. The molecule has 2 heterocycles. The third kappa shape index (κ3) is 2.62. The van der Waals surface area contributed by atoms with Crippen LogP contribution in [0.3, 0.4) is 0 Å². The van der Waals surface area contributed by atoms with Crippen LogP contribution in [0.2, 0.25) is 0 Å². The van der Waals surface area contributed by atoms with E-state index in [4.69, 9.17) is 9.84 Å². The van der Waals surface area contributed by atoms with Crippen LogP contribution in [-0.2, 0) is 4.74 Å². The Labute approximate surface area is 100 Å². The van der Waals surface area contributed by atoms with E-state index in [0.29, 0.717) is 0 Å². The van der Waals surface area contributed by atoms with Crippen molar-refractivity contribution in [3.63, 3.8) is 0 Å². The summed E-state index contributed by atoms with van der Waals surface area (Å²) in [6, 6.07) is 0. The maximum atomic E-state index is 9.92. The highest BCUT2D eigenvalue weighted by Gasteiger charge is 2.45. The smallest absolute Gasteiger partial charge is 0.140 e. The van der Waals surface area contributed by atoms with E-state index >= 15 is 0 Å². The van der Waals surface area contributed by atoms with Gasteiger partial charge in [-0.15, -0.1) is 0 Å². The van der Waals surface area contributed by atoms with Gasteiger partial charge in [-0.2, -0.15) is 0 Å². The van der Waals surface area contributed by atoms with E-state index in [0.717, 1.165) is 32.4 Å². The van der Waals surface area contributed by atoms with Gasteiger partial charge in [-0.05, 0) is 12.8 Å². The molecule has 2 fully saturated rings. The van der Waals surface area contributed by atoms with E-state index in [1.54, 1.807) is 0 Å². The van der Waals surface area contributed by atoms with Crippen LogP contribution >= 0.6 is 0 Å². The minimum Gasteiger partial charge on any atom is -0.394 e. The first kappa shape index (κ1) is 13.2. The van der Waals surface area contributed by atoms with Gasteiger partial charge in [0.25, 0.3) is 0 Å². The molecule has 0 aromatic heterocycles. The highest BCUT2D eigenvalue weighted by Crippen LogP contribution is 2.25. The van der Waals surface area contributed by atoms with E-state index in [2.05, 4.69) is 0 Å². The first-order valence-corrected chi connectivity index (χ1v) is 6.19. The molecule has 4 N–H and O–H groups in total. The van der Waals surface area contributed by atoms with Crippen LogP contribution < -0.4 is 0 Å². The van der Waals surface area contributed by atoms with Crippen LogP contribution in [0.5, 0.6) is 0 Å². The molecule has 2 aliphatic heterocycles. The zero-order valence-corrected chi connectivity index (χ0v) is 9.77. The average Bonchev–Trinajstić information content (AvgIpc) is 2.37. The van der Waals surface area contributed by atoms with Crippen molar-refractivity contribution in [2.24, 2.45) is 0 Å². The summed E-state index contributed by atoms with van der Waals surface area (Å²) in [7, 11) is 0. The van der Waals surface area contributed by atoms with Gasteiger partial charge >= 0.3 is 0 Å². The van der Waals surface area contributed by atoms with Gasteiger partial charge in [0, 0.05) is 13.1 Å². The first-order chi connectivity index (χ1) is 8.15. The van der Waals surface area contributed by atoms with E-state index < -0.39 is 30.6 Å². The number of nitrogens with zero attached hydrogens (tertiary/aromatic N) is 1. The Balaban J connectivity index is 2.04. The molecule has 0 unspecified atom stereocenters. The lowest BCUT2D eigenvalue weighted by Gasteiger charge is -2.45. The Morgan fingerprint density at radius 3 is 2.18 bits per heavy atom. The second-order valence-electron chi connectivity index (χ2n) is 4.82. The average molecular weight is 247 g/mol. The van der Waals surface area contributed by atoms with Crippen molar-refractivity contribution >= 4 is 0 Å². The molecule has 0 radical (unpaired) electrons. The topological polar surface area (TPSA) is 93.4 Å². The van der Waals surface area contributed by atoms with Gasteiger partial charge in [0.15, 0.2) is 0 Å². The molecular weight excluding hydrogens is 226 g/mol. The number of likely N-dealkylation sites (tertiary alicyclic amines) is 1. The normalized spacial score (nSPS) is 44.8. The molecule has 2 saturated heterocycles. The molecular formula is C11H21NO5. The lowest BCUT2D eigenvalue weighted by Crippen LogP contribution is -2.63. The summed E-state index contributed by atoms with van der Waals surface area (Å²) in [4.78, 5) is 1.96. The number of hydrogen-bond donors (Lipinski definition) is 4. The maximum Gasteiger partial charge on any atom is 0.140 e. The predicted molar refractivity (Wildman–Crippen MR) is 59.2 cm³/mol. The predicted octanol–water partition coefficient (Wildman–Crippen LogP) is -1.73. The molecule has 2 rings (SSSR count). The van der Waals surface area contributed by atoms with Crippen molar-refractivity contribution in [2.45, 2.75) is 49.9 Å². The molecule has 0 aliphatic carbocycles. The van der Waals surface area contributed by atoms with Crippen molar-refractivity contribution < 1.29 is 25.2 Å². The second kappa shape index (κ2) is 5.60. The lowest BCUT2D eigenvalue weighted by atomic mass is 9.97. The van der Waals surface area contributed by atoms with Crippen molar-refractivity contribution in [3.05, 3.63) is 0 Å². The molecule has 5 atom stereocenters. The summed E-state index contributed by atoms with van der Waals surface area (Å²) < 4.78 is 5.49. The Kier molecular flexibility index (Phi) is 4.35. The molecule has 0 spiro atoms. The lowest BCUT2D eigenvalue weighted by molar-refractivity contribution is -0.266. The van der Waals surface area contributed by atoms with Crippen LogP contribution in [0.25, 0.3) is 0 Å². The summed E-state index contributed by atoms with van der Waals surface area (Å²) in [6.45, 7) is 1.25. The van der Waals surface area contributed by atoms with Gasteiger partial charge in [0.2, 0.25) is 0 Å². The zero-order chi connectivity index (χ0) is 12.4.